The number of benzene rings is 2. The van der Waals surface area contributed by atoms with Gasteiger partial charge in [0, 0.05) is 30.0 Å². The van der Waals surface area contributed by atoms with Crippen LogP contribution in [-0.4, -0.2) is 27.8 Å². The predicted molar refractivity (Wildman–Crippen MR) is 136 cm³/mol. The maximum atomic E-state index is 12.6. The minimum atomic E-state index is -0.430. The highest BCUT2D eigenvalue weighted by Crippen LogP contribution is 2.24. The quantitative estimate of drug-likeness (QED) is 0.485. The fourth-order valence-corrected chi connectivity index (χ4v) is 3.88. The van der Waals surface area contributed by atoms with Crippen LogP contribution in [0.4, 0.5) is 11.5 Å². The molecule has 1 aliphatic rings. The van der Waals surface area contributed by atoms with Gasteiger partial charge in [-0.25, -0.2) is 9.97 Å². The van der Waals surface area contributed by atoms with Crippen LogP contribution >= 0.6 is 0 Å². The summed E-state index contributed by atoms with van der Waals surface area (Å²) in [4.78, 5) is 33.8. The van der Waals surface area contributed by atoms with Crippen molar-refractivity contribution in [3.8, 4) is 11.3 Å². The van der Waals surface area contributed by atoms with E-state index in [1.807, 2.05) is 18.2 Å². The summed E-state index contributed by atoms with van der Waals surface area (Å²) < 4.78 is 0. The Hall–Kier alpha value is -3.74. The lowest BCUT2D eigenvalue weighted by atomic mass is 9.87. The Morgan fingerprint density at radius 3 is 2.34 bits per heavy atom. The Labute approximate surface area is 194 Å². The Balaban J connectivity index is 0. The number of carbonyl (C=O) groups excluding carboxylic acids is 2. The van der Waals surface area contributed by atoms with Gasteiger partial charge in [0.2, 0.25) is 0 Å². The first kappa shape index (κ1) is 21.5. The van der Waals surface area contributed by atoms with E-state index in [4.69, 9.17) is 5.73 Å². The monoisotopic (exact) mass is 439 g/mol. The number of anilines is 2. The van der Waals surface area contributed by atoms with Gasteiger partial charge in [-0.1, -0.05) is 37.3 Å². The van der Waals surface area contributed by atoms with Gasteiger partial charge in [0.15, 0.2) is 11.5 Å². The van der Waals surface area contributed by atoms with E-state index in [1.54, 1.807) is 36.4 Å². The number of nitrogens with two attached hydrogens (primary N) is 1. The maximum absolute atomic E-state index is 12.6. The van der Waals surface area contributed by atoms with Crippen molar-refractivity contribution in [2.45, 2.75) is 38.6 Å². The predicted octanol–water partition coefficient (Wildman–Crippen LogP) is 5.52. The SMILES string of the molecule is CC1CCC(NC(=O)c2ccc(-c3cnc(N)c(C(=O)Nc4ccccc4)n3)cc2)CC1.[HH].[HH].[HH].[HH].[HH]. The maximum Gasteiger partial charge on any atom is 0.278 e. The first-order chi connectivity index (χ1) is 15.5. The number of aromatic nitrogens is 2. The van der Waals surface area contributed by atoms with E-state index in [-0.39, 0.29) is 30.6 Å². The van der Waals surface area contributed by atoms with Crippen molar-refractivity contribution in [1.29, 1.82) is 0 Å². The molecule has 1 aliphatic carbocycles. The molecule has 2 amide bonds. The van der Waals surface area contributed by atoms with E-state index in [1.165, 1.54) is 6.20 Å². The summed E-state index contributed by atoms with van der Waals surface area (Å²) in [7, 11) is 0. The largest absolute Gasteiger partial charge is 0.382 e. The molecule has 0 bridgehead atoms. The standard InChI is InChI=1S/C25H27N5O2.5H2/c1-16-7-13-20(14-8-16)28-24(31)18-11-9-17(10-12-18)21-15-27-23(26)22(30-21)25(32)29-19-5-3-2-4-6-19;;;;;/h2-6,9-12,15-16,20H,7-8,13-14H2,1H3,(H2,26,27)(H,28,31)(H,29,32);5*1H. The second kappa shape index (κ2) is 9.60. The van der Waals surface area contributed by atoms with Crippen LogP contribution in [0, 0.1) is 5.92 Å². The number of nitrogen functional groups attached to an aromatic ring is 1. The number of hydrogen-bond donors (Lipinski definition) is 3. The summed E-state index contributed by atoms with van der Waals surface area (Å²) in [6.07, 6.45) is 5.88. The van der Waals surface area contributed by atoms with Crippen molar-refractivity contribution >= 4 is 23.3 Å². The number of para-hydroxylation sites is 1. The Morgan fingerprint density at radius 2 is 1.66 bits per heavy atom. The Morgan fingerprint density at radius 1 is 0.969 bits per heavy atom. The third kappa shape index (κ3) is 5.11. The molecule has 0 unspecified atom stereocenters. The smallest absolute Gasteiger partial charge is 0.278 e. The fourth-order valence-electron chi connectivity index (χ4n) is 3.88. The van der Waals surface area contributed by atoms with Gasteiger partial charge in [0.05, 0.1) is 11.9 Å². The molecular formula is C25H37N5O2. The van der Waals surface area contributed by atoms with Gasteiger partial charge in [-0.05, 0) is 55.9 Å². The highest BCUT2D eigenvalue weighted by molar-refractivity contribution is 6.06. The zero-order chi connectivity index (χ0) is 22.5. The van der Waals surface area contributed by atoms with Crippen LogP contribution in [0.5, 0.6) is 0 Å². The third-order valence-electron chi connectivity index (χ3n) is 5.84. The molecule has 7 heteroatoms. The number of nitrogens with zero attached hydrogens (tertiary/aromatic N) is 2. The molecule has 1 fully saturated rings. The van der Waals surface area contributed by atoms with Crippen molar-refractivity contribution in [3.63, 3.8) is 0 Å². The van der Waals surface area contributed by atoms with Crippen LogP contribution in [-0.2, 0) is 0 Å². The Bertz CT molecular complexity index is 1110. The number of rotatable bonds is 5. The van der Waals surface area contributed by atoms with Crippen LogP contribution in [0.1, 0.15) is 60.6 Å². The van der Waals surface area contributed by atoms with E-state index in [0.29, 0.717) is 16.9 Å². The minimum absolute atomic E-state index is 0. The molecule has 0 atom stereocenters. The summed E-state index contributed by atoms with van der Waals surface area (Å²) in [5.74, 6) is 0.298. The van der Waals surface area contributed by atoms with E-state index in [2.05, 4.69) is 27.5 Å². The van der Waals surface area contributed by atoms with E-state index >= 15 is 0 Å². The average molecular weight is 440 g/mol. The molecule has 0 spiro atoms. The summed E-state index contributed by atoms with van der Waals surface area (Å²) in [5.41, 5.74) is 8.44. The second-order valence-electron chi connectivity index (χ2n) is 8.32. The summed E-state index contributed by atoms with van der Waals surface area (Å²) >= 11 is 0. The lowest BCUT2D eigenvalue weighted by molar-refractivity contribution is 0.0922. The molecule has 0 aliphatic heterocycles. The van der Waals surface area contributed by atoms with E-state index in [9.17, 15) is 9.59 Å². The molecule has 1 aromatic heterocycles. The number of carbonyl (C=O) groups is 2. The van der Waals surface area contributed by atoms with Crippen LogP contribution in [0.25, 0.3) is 11.3 Å². The lowest BCUT2D eigenvalue weighted by Crippen LogP contribution is -2.37. The normalized spacial score (nSPS) is 18.0. The van der Waals surface area contributed by atoms with Gasteiger partial charge in [0.25, 0.3) is 11.8 Å². The molecule has 4 rings (SSSR count). The molecule has 32 heavy (non-hydrogen) atoms. The second-order valence-corrected chi connectivity index (χ2v) is 8.32. The van der Waals surface area contributed by atoms with Gasteiger partial charge in [0.1, 0.15) is 0 Å². The van der Waals surface area contributed by atoms with Gasteiger partial charge in [-0.3, -0.25) is 9.59 Å². The van der Waals surface area contributed by atoms with Gasteiger partial charge in [-0.2, -0.15) is 0 Å². The van der Waals surface area contributed by atoms with Crippen LogP contribution < -0.4 is 16.4 Å². The summed E-state index contributed by atoms with van der Waals surface area (Å²) in [6.45, 7) is 2.26. The number of amides is 2. The highest BCUT2D eigenvalue weighted by Gasteiger charge is 2.20. The molecule has 0 radical (unpaired) electrons. The molecule has 1 saturated carbocycles. The molecule has 174 valence electrons. The molecule has 1 heterocycles. The van der Waals surface area contributed by atoms with Crippen LogP contribution in [0.15, 0.2) is 60.8 Å². The highest BCUT2D eigenvalue weighted by atomic mass is 16.2. The zero-order valence-corrected chi connectivity index (χ0v) is 18.0. The van der Waals surface area contributed by atoms with Crippen LogP contribution in [0.2, 0.25) is 0 Å². The van der Waals surface area contributed by atoms with Crippen LogP contribution in [0.3, 0.4) is 0 Å². The molecule has 4 N–H and O–H groups in total. The number of nitrogens with one attached hydrogen (secondary N) is 2. The summed E-state index contributed by atoms with van der Waals surface area (Å²) in [5, 5.41) is 5.90. The van der Waals surface area contributed by atoms with Crippen molar-refractivity contribution in [1.82, 2.24) is 15.3 Å². The summed E-state index contributed by atoms with van der Waals surface area (Å²) in [6, 6.07) is 16.5. The van der Waals surface area contributed by atoms with Crippen molar-refractivity contribution < 1.29 is 16.7 Å². The number of hydrogen-bond acceptors (Lipinski definition) is 5. The third-order valence-corrected chi connectivity index (χ3v) is 5.84. The molecule has 7 nitrogen and oxygen atoms in total. The van der Waals surface area contributed by atoms with Crippen molar-refractivity contribution in [3.05, 3.63) is 72.1 Å². The van der Waals surface area contributed by atoms with Crippen molar-refractivity contribution in [2.24, 2.45) is 5.92 Å². The topological polar surface area (TPSA) is 110 Å². The minimum Gasteiger partial charge on any atom is -0.382 e. The molecular weight excluding hydrogens is 402 g/mol. The van der Waals surface area contributed by atoms with Gasteiger partial charge in [-0.15, -0.1) is 0 Å². The first-order valence-corrected chi connectivity index (χ1v) is 10.9. The van der Waals surface area contributed by atoms with E-state index in [0.717, 1.165) is 37.2 Å². The average Bonchev–Trinajstić information content (AvgIpc) is 2.81. The molecule has 3 aromatic rings. The lowest BCUT2D eigenvalue weighted by Gasteiger charge is -2.26. The molecule has 0 saturated heterocycles. The van der Waals surface area contributed by atoms with Gasteiger partial charge >= 0.3 is 0 Å². The van der Waals surface area contributed by atoms with E-state index < -0.39 is 5.91 Å². The van der Waals surface area contributed by atoms with Crippen molar-refractivity contribution in [2.75, 3.05) is 11.1 Å². The zero-order valence-electron chi connectivity index (χ0n) is 18.0. The first-order valence-electron chi connectivity index (χ1n) is 10.9. The Kier molecular flexibility index (Phi) is 6.44. The molecule has 2 aromatic carbocycles. The fraction of sp³-hybridized carbons (Fsp3) is 0.280. The van der Waals surface area contributed by atoms with Gasteiger partial charge < -0.3 is 16.4 Å².